The van der Waals surface area contributed by atoms with Crippen molar-refractivity contribution in [2.24, 2.45) is 5.14 Å². The average Bonchev–Trinajstić information content (AvgIpc) is 2.17. The van der Waals surface area contributed by atoms with Crippen molar-refractivity contribution in [2.45, 2.75) is 30.7 Å². The van der Waals surface area contributed by atoms with Crippen molar-refractivity contribution in [3.63, 3.8) is 0 Å². The first-order valence-corrected chi connectivity index (χ1v) is 5.74. The van der Waals surface area contributed by atoms with Crippen molar-refractivity contribution in [2.75, 3.05) is 6.61 Å². The zero-order valence-corrected chi connectivity index (χ0v) is 8.82. The van der Waals surface area contributed by atoms with Crippen LogP contribution in [0.1, 0.15) is 0 Å². The van der Waals surface area contributed by atoms with Crippen molar-refractivity contribution in [3.05, 3.63) is 0 Å². The lowest BCUT2D eigenvalue weighted by atomic mass is 10.00. The fraction of sp³-hybridized carbons (Fsp3) is 1.00. The van der Waals surface area contributed by atoms with Crippen LogP contribution in [0.15, 0.2) is 0 Å². The molecule has 16 heavy (non-hydrogen) atoms. The largest absolute Gasteiger partial charge is 0.387 e. The zero-order chi connectivity index (χ0) is 12.5. The Morgan fingerprint density at radius 3 is 2.19 bits per heavy atom. The molecule has 0 spiro atoms. The molecular formula is C6H13NO8S. The highest BCUT2D eigenvalue weighted by Gasteiger charge is 2.43. The van der Waals surface area contributed by atoms with E-state index in [2.05, 4.69) is 14.1 Å². The molecule has 0 aliphatic carbocycles. The Morgan fingerprint density at radius 2 is 1.69 bits per heavy atom. The van der Waals surface area contributed by atoms with Gasteiger partial charge in [-0.2, -0.15) is 8.42 Å². The number of hydrogen-bond donors (Lipinski definition) is 5. The van der Waals surface area contributed by atoms with E-state index in [0.29, 0.717) is 0 Å². The molecule has 0 unspecified atom stereocenters. The van der Waals surface area contributed by atoms with E-state index >= 15 is 0 Å². The van der Waals surface area contributed by atoms with E-state index in [1.807, 2.05) is 0 Å². The molecule has 0 bridgehead atoms. The Morgan fingerprint density at radius 1 is 1.12 bits per heavy atom. The normalized spacial score (nSPS) is 40.9. The van der Waals surface area contributed by atoms with Gasteiger partial charge in [0.2, 0.25) is 0 Å². The van der Waals surface area contributed by atoms with Crippen LogP contribution in [0.5, 0.6) is 0 Å². The van der Waals surface area contributed by atoms with E-state index in [4.69, 9.17) is 10.2 Å². The fourth-order valence-electron chi connectivity index (χ4n) is 1.23. The zero-order valence-electron chi connectivity index (χ0n) is 8.00. The van der Waals surface area contributed by atoms with Crippen LogP contribution >= 0.6 is 0 Å². The smallest absolute Gasteiger partial charge is 0.333 e. The molecule has 0 aromatic rings. The molecule has 6 N–H and O–H groups in total. The van der Waals surface area contributed by atoms with Gasteiger partial charge in [0, 0.05) is 0 Å². The molecule has 0 radical (unpaired) electrons. The molecule has 1 heterocycles. The Kier molecular flexibility index (Phi) is 4.20. The van der Waals surface area contributed by atoms with Crippen molar-refractivity contribution in [1.29, 1.82) is 0 Å². The fourth-order valence-corrected chi connectivity index (χ4v) is 1.55. The molecule has 1 aliphatic rings. The third-order valence-electron chi connectivity index (χ3n) is 2.08. The maximum Gasteiger partial charge on any atom is 0.333 e. The maximum atomic E-state index is 10.5. The van der Waals surface area contributed by atoms with Crippen LogP contribution in [-0.4, -0.2) is 66.2 Å². The molecule has 1 aliphatic heterocycles. The van der Waals surface area contributed by atoms with Crippen molar-refractivity contribution < 1.29 is 37.8 Å². The Hall–Kier alpha value is -0.330. The minimum atomic E-state index is -4.21. The molecule has 1 fully saturated rings. The number of rotatable bonds is 3. The lowest BCUT2D eigenvalue weighted by Gasteiger charge is -2.37. The second-order valence-electron chi connectivity index (χ2n) is 3.31. The van der Waals surface area contributed by atoms with Crippen LogP contribution < -0.4 is 5.14 Å². The highest BCUT2D eigenvalue weighted by atomic mass is 32.2. The average molecular weight is 259 g/mol. The first kappa shape index (κ1) is 13.7. The topological polar surface area (TPSA) is 160 Å². The van der Waals surface area contributed by atoms with Crippen molar-refractivity contribution in [3.8, 4) is 0 Å². The van der Waals surface area contributed by atoms with Gasteiger partial charge in [-0.1, -0.05) is 0 Å². The third kappa shape index (κ3) is 3.33. The van der Waals surface area contributed by atoms with E-state index in [1.165, 1.54) is 0 Å². The summed E-state index contributed by atoms with van der Waals surface area (Å²) in [7, 11) is -4.21. The minimum absolute atomic E-state index is 0.680. The van der Waals surface area contributed by atoms with Gasteiger partial charge < -0.3 is 25.2 Å². The first-order valence-electron chi connectivity index (χ1n) is 4.27. The highest BCUT2D eigenvalue weighted by molar-refractivity contribution is 7.84. The first-order chi connectivity index (χ1) is 7.22. The lowest BCUT2D eigenvalue weighted by Crippen LogP contribution is -2.58. The number of ether oxygens (including phenoxy) is 1. The molecule has 96 valence electrons. The van der Waals surface area contributed by atoms with E-state index in [1.54, 1.807) is 0 Å². The molecule has 0 aromatic heterocycles. The minimum Gasteiger partial charge on any atom is -0.387 e. The predicted octanol–water partition coefficient (Wildman–Crippen LogP) is -3.99. The number of aliphatic hydroxyl groups is 4. The summed E-state index contributed by atoms with van der Waals surface area (Å²) in [6, 6.07) is 0. The molecular weight excluding hydrogens is 246 g/mol. The molecule has 1 saturated heterocycles. The molecule has 0 aromatic carbocycles. The van der Waals surface area contributed by atoms with Gasteiger partial charge in [-0.05, 0) is 0 Å². The van der Waals surface area contributed by atoms with Gasteiger partial charge in [-0.3, -0.25) is 4.18 Å². The summed E-state index contributed by atoms with van der Waals surface area (Å²) in [5.74, 6) is 0. The maximum absolute atomic E-state index is 10.5. The van der Waals surface area contributed by atoms with Crippen LogP contribution in [0.3, 0.4) is 0 Å². The molecule has 0 saturated carbocycles. The third-order valence-corrected chi connectivity index (χ3v) is 2.55. The number of nitrogens with two attached hydrogens (primary N) is 1. The van der Waals surface area contributed by atoms with E-state index in [9.17, 15) is 18.6 Å². The van der Waals surface area contributed by atoms with E-state index < -0.39 is 47.6 Å². The summed E-state index contributed by atoms with van der Waals surface area (Å²) in [6.07, 6.45) is -8.00. The van der Waals surface area contributed by atoms with Crippen LogP contribution in [0.2, 0.25) is 0 Å². The highest BCUT2D eigenvalue weighted by Crippen LogP contribution is 2.20. The monoisotopic (exact) mass is 259 g/mol. The molecule has 10 heteroatoms. The number of aliphatic hydroxyl groups excluding tert-OH is 4. The standard InChI is InChI=1S/C6H13NO8S/c7-16(12,13)14-1-2-3(8)4(9)5(10)6(11)15-2/h2-6,8-11H,1H2,(H2,7,12,13)/t2-,3+,4+,5-,6-/m1/s1. The van der Waals surface area contributed by atoms with Gasteiger partial charge in [0.15, 0.2) is 6.29 Å². The quantitative estimate of drug-likeness (QED) is 0.343. The van der Waals surface area contributed by atoms with Gasteiger partial charge in [0.25, 0.3) is 0 Å². The SMILES string of the molecule is NS(=O)(=O)OC[C@H]1O[C@@H](O)[C@H](O)[C@@H](O)[C@H]1O. The summed E-state index contributed by atoms with van der Waals surface area (Å²) < 4.78 is 29.7. The summed E-state index contributed by atoms with van der Waals surface area (Å²) in [5.41, 5.74) is 0. The van der Waals surface area contributed by atoms with Crippen molar-refractivity contribution in [1.82, 2.24) is 0 Å². The van der Waals surface area contributed by atoms with Gasteiger partial charge in [0.1, 0.15) is 24.4 Å². The Bertz CT molecular complexity index is 331. The molecule has 0 amide bonds. The van der Waals surface area contributed by atoms with E-state index in [0.717, 1.165) is 0 Å². The summed E-state index contributed by atoms with van der Waals surface area (Å²) in [6.45, 7) is -0.680. The van der Waals surface area contributed by atoms with Gasteiger partial charge in [-0.25, -0.2) is 5.14 Å². The second kappa shape index (κ2) is 4.89. The number of hydrogen-bond acceptors (Lipinski definition) is 8. The van der Waals surface area contributed by atoms with Crippen LogP contribution in [0.4, 0.5) is 0 Å². The lowest BCUT2D eigenvalue weighted by molar-refractivity contribution is -0.285. The summed E-state index contributed by atoms with van der Waals surface area (Å²) in [4.78, 5) is 0. The van der Waals surface area contributed by atoms with Gasteiger partial charge >= 0.3 is 10.3 Å². The Labute approximate surface area is 91.3 Å². The molecule has 1 rings (SSSR count). The van der Waals surface area contributed by atoms with Crippen LogP contribution in [0, 0.1) is 0 Å². The summed E-state index contributed by atoms with van der Waals surface area (Å²) >= 11 is 0. The van der Waals surface area contributed by atoms with Crippen molar-refractivity contribution >= 4 is 10.3 Å². The Balaban J connectivity index is 2.61. The predicted molar refractivity (Wildman–Crippen MR) is 48.0 cm³/mol. The van der Waals surface area contributed by atoms with Crippen LogP contribution in [-0.2, 0) is 19.2 Å². The van der Waals surface area contributed by atoms with Gasteiger partial charge in [-0.15, -0.1) is 0 Å². The summed E-state index contributed by atoms with van der Waals surface area (Å²) in [5, 5.41) is 41.3. The second-order valence-corrected chi connectivity index (χ2v) is 4.54. The molecule has 5 atom stereocenters. The van der Waals surface area contributed by atoms with E-state index in [-0.39, 0.29) is 0 Å². The molecule has 9 nitrogen and oxygen atoms in total. The van der Waals surface area contributed by atoms with Gasteiger partial charge in [0.05, 0.1) is 6.61 Å². The van der Waals surface area contributed by atoms with Crippen LogP contribution in [0.25, 0.3) is 0 Å².